The van der Waals surface area contributed by atoms with Crippen molar-refractivity contribution >= 4 is 15.9 Å². The Bertz CT molecular complexity index is 321. The lowest BCUT2D eigenvalue weighted by Crippen LogP contribution is -2.27. The average molecular weight is 239 g/mol. The van der Waals surface area contributed by atoms with E-state index in [9.17, 15) is 0 Å². The van der Waals surface area contributed by atoms with Gasteiger partial charge in [-0.1, -0.05) is 34.0 Å². The molecule has 13 heavy (non-hydrogen) atoms. The molecule has 0 aliphatic rings. The largest absolute Gasteiger partial charge is 0.270 e. The van der Waals surface area contributed by atoms with Gasteiger partial charge in [-0.25, -0.2) is 5.43 Å². The first kappa shape index (κ1) is 10.3. The third-order valence-electron chi connectivity index (χ3n) is 1.89. The molecule has 1 unspecified atom stereocenters. The number of aryl methyl sites for hydroxylation is 1. The molecule has 0 aliphatic carbocycles. The van der Waals surface area contributed by atoms with Crippen molar-refractivity contribution in [2.24, 2.45) is 5.84 Å². The monoisotopic (exact) mass is 238 g/mol. The number of rotatable bonds is 2. The SMILES string of the molecule is C#CC(NN)c1c(C)cccc1Br. The smallest absolute Gasteiger partial charge is 0.108 e. The Balaban J connectivity index is 3.20. The molecule has 0 bridgehead atoms. The Kier molecular flexibility index (Phi) is 3.49. The molecule has 1 aromatic rings. The molecule has 68 valence electrons. The topological polar surface area (TPSA) is 38.0 Å². The van der Waals surface area contributed by atoms with Gasteiger partial charge in [0.05, 0.1) is 0 Å². The fourth-order valence-electron chi connectivity index (χ4n) is 1.23. The van der Waals surface area contributed by atoms with Gasteiger partial charge in [0.1, 0.15) is 6.04 Å². The Morgan fingerprint density at radius 3 is 2.77 bits per heavy atom. The molecule has 0 saturated heterocycles. The summed E-state index contributed by atoms with van der Waals surface area (Å²) in [5, 5.41) is 0. The first-order chi connectivity index (χ1) is 6.20. The summed E-state index contributed by atoms with van der Waals surface area (Å²) in [5.74, 6) is 7.92. The minimum atomic E-state index is -0.240. The van der Waals surface area contributed by atoms with Crippen LogP contribution in [0.5, 0.6) is 0 Å². The van der Waals surface area contributed by atoms with Crippen LogP contribution in [-0.4, -0.2) is 0 Å². The van der Waals surface area contributed by atoms with Gasteiger partial charge in [-0.15, -0.1) is 6.42 Å². The van der Waals surface area contributed by atoms with Gasteiger partial charge in [0.15, 0.2) is 0 Å². The number of hydrogen-bond acceptors (Lipinski definition) is 2. The maximum Gasteiger partial charge on any atom is 0.108 e. The standard InChI is InChI=1S/C10H11BrN2/c1-3-9(13-12)10-7(2)5-4-6-8(10)11/h1,4-6,9,13H,12H2,2H3. The molecule has 0 radical (unpaired) electrons. The number of nitrogens with two attached hydrogens (primary N) is 1. The lowest BCUT2D eigenvalue weighted by atomic mass is 10.0. The molecule has 0 amide bonds. The van der Waals surface area contributed by atoms with E-state index in [0.29, 0.717) is 0 Å². The highest BCUT2D eigenvalue weighted by molar-refractivity contribution is 9.10. The summed E-state index contributed by atoms with van der Waals surface area (Å²) in [4.78, 5) is 0. The summed E-state index contributed by atoms with van der Waals surface area (Å²) < 4.78 is 0.980. The van der Waals surface area contributed by atoms with E-state index in [-0.39, 0.29) is 6.04 Å². The van der Waals surface area contributed by atoms with Crippen LogP contribution in [0, 0.1) is 19.3 Å². The molecule has 1 rings (SSSR count). The van der Waals surface area contributed by atoms with Crippen LogP contribution in [0.1, 0.15) is 17.2 Å². The van der Waals surface area contributed by atoms with E-state index in [1.165, 1.54) is 0 Å². The summed E-state index contributed by atoms with van der Waals surface area (Å²) in [6, 6.07) is 5.68. The molecule has 0 aliphatic heterocycles. The maximum atomic E-state index is 5.34. The second-order valence-electron chi connectivity index (χ2n) is 2.74. The molecular weight excluding hydrogens is 228 g/mol. The van der Waals surface area contributed by atoms with Crippen LogP contribution in [0.4, 0.5) is 0 Å². The molecular formula is C10H11BrN2. The Morgan fingerprint density at radius 1 is 1.62 bits per heavy atom. The fraction of sp³-hybridized carbons (Fsp3) is 0.200. The lowest BCUT2D eigenvalue weighted by Gasteiger charge is -2.14. The molecule has 1 atom stereocenters. The molecule has 2 nitrogen and oxygen atoms in total. The van der Waals surface area contributed by atoms with Crippen LogP contribution < -0.4 is 11.3 Å². The van der Waals surface area contributed by atoms with Gasteiger partial charge in [0.25, 0.3) is 0 Å². The highest BCUT2D eigenvalue weighted by atomic mass is 79.9. The van der Waals surface area contributed by atoms with Crippen molar-refractivity contribution in [1.82, 2.24) is 5.43 Å². The summed E-state index contributed by atoms with van der Waals surface area (Å²) in [5.41, 5.74) is 4.73. The lowest BCUT2D eigenvalue weighted by molar-refractivity contribution is 0.668. The first-order valence-electron chi connectivity index (χ1n) is 3.88. The van der Waals surface area contributed by atoms with Gasteiger partial charge in [0.2, 0.25) is 0 Å². The third kappa shape index (κ3) is 2.10. The number of hydrazine groups is 1. The van der Waals surface area contributed by atoms with Gasteiger partial charge in [-0.2, -0.15) is 0 Å². The van der Waals surface area contributed by atoms with Crippen LogP contribution >= 0.6 is 15.9 Å². The second-order valence-corrected chi connectivity index (χ2v) is 3.59. The number of benzene rings is 1. The van der Waals surface area contributed by atoms with Crippen LogP contribution in [0.25, 0.3) is 0 Å². The molecule has 0 saturated carbocycles. The number of terminal acetylenes is 1. The molecule has 3 heteroatoms. The fourth-order valence-corrected chi connectivity index (χ4v) is 1.92. The zero-order valence-corrected chi connectivity index (χ0v) is 8.93. The second kappa shape index (κ2) is 4.43. The van der Waals surface area contributed by atoms with Crippen molar-refractivity contribution < 1.29 is 0 Å². The number of halogens is 1. The van der Waals surface area contributed by atoms with E-state index in [2.05, 4.69) is 27.3 Å². The molecule has 3 N–H and O–H groups in total. The van der Waals surface area contributed by atoms with Crippen molar-refractivity contribution in [3.63, 3.8) is 0 Å². The zero-order valence-electron chi connectivity index (χ0n) is 7.34. The Labute approximate surface area is 86.6 Å². The average Bonchev–Trinajstić information content (AvgIpc) is 2.11. The van der Waals surface area contributed by atoms with E-state index < -0.39 is 0 Å². The van der Waals surface area contributed by atoms with Gasteiger partial charge in [-0.3, -0.25) is 5.84 Å². The number of hydrogen-bond donors (Lipinski definition) is 2. The summed E-state index contributed by atoms with van der Waals surface area (Å²) in [7, 11) is 0. The van der Waals surface area contributed by atoms with Crippen molar-refractivity contribution in [3.05, 3.63) is 33.8 Å². The van der Waals surface area contributed by atoms with Gasteiger partial charge < -0.3 is 0 Å². The van der Waals surface area contributed by atoms with Crippen molar-refractivity contribution in [3.8, 4) is 12.3 Å². The highest BCUT2D eigenvalue weighted by Crippen LogP contribution is 2.25. The predicted octanol–water partition coefficient (Wildman–Crippen LogP) is 1.90. The minimum Gasteiger partial charge on any atom is -0.270 e. The molecule has 0 fully saturated rings. The third-order valence-corrected chi connectivity index (χ3v) is 2.58. The summed E-state index contributed by atoms with van der Waals surface area (Å²) in [6.07, 6.45) is 5.34. The molecule has 0 aromatic heterocycles. The van der Waals surface area contributed by atoms with E-state index in [1.54, 1.807) is 0 Å². The molecule has 1 aromatic carbocycles. The molecule has 0 spiro atoms. The van der Waals surface area contributed by atoms with E-state index in [1.807, 2.05) is 25.1 Å². The Hall–Kier alpha value is -0.820. The Morgan fingerprint density at radius 2 is 2.31 bits per heavy atom. The minimum absolute atomic E-state index is 0.240. The van der Waals surface area contributed by atoms with Crippen LogP contribution in [-0.2, 0) is 0 Å². The van der Waals surface area contributed by atoms with Crippen molar-refractivity contribution in [2.45, 2.75) is 13.0 Å². The highest BCUT2D eigenvalue weighted by Gasteiger charge is 2.11. The maximum absolute atomic E-state index is 5.34. The summed E-state index contributed by atoms with van der Waals surface area (Å²) >= 11 is 3.44. The van der Waals surface area contributed by atoms with Crippen LogP contribution in [0.15, 0.2) is 22.7 Å². The van der Waals surface area contributed by atoms with Crippen molar-refractivity contribution in [2.75, 3.05) is 0 Å². The summed E-state index contributed by atoms with van der Waals surface area (Å²) in [6.45, 7) is 2.00. The van der Waals surface area contributed by atoms with Crippen LogP contribution in [0.2, 0.25) is 0 Å². The predicted molar refractivity (Wildman–Crippen MR) is 57.8 cm³/mol. The van der Waals surface area contributed by atoms with E-state index >= 15 is 0 Å². The van der Waals surface area contributed by atoms with E-state index in [0.717, 1.165) is 15.6 Å². The quantitative estimate of drug-likeness (QED) is 0.470. The molecule has 0 heterocycles. The van der Waals surface area contributed by atoms with Gasteiger partial charge in [0, 0.05) is 4.47 Å². The van der Waals surface area contributed by atoms with Crippen molar-refractivity contribution in [1.29, 1.82) is 0 Å². The normalized spacial score (nSPS) is 12.2. The zero-order chi connectivity index (χ0) is 9.84. The van der Waals surface area contributed by atoms with Crippen LogP contribution in [0.3, 0.4) is 0 Å². The number of nitrogens with one attached hydrogen (secondary N) is 1. The van der Waals surface area contributed by atoms with Gasteiger partial charge in [-0.05, 0) is 24.1 Å². The van der Waals surface area contributed by atoms with Gasteiger partial charge >= 0.3 is 0 Å². The van der Waals surface area contributed by atoms with E-state index in [4.69, 9.17) is 12.3 Å². The first-order valence-corrected chi connectivity index (χ1v) is 4.67.